The van der Waals surface area contributed by atoms with Crippen LogP contribution in [0.2, 0.25) is 10.3 Å². The summed E-state index contributed by atoms with van der Waals surface area (Å²) in [5.41, 5.74) is 0.750. The number of nitrogens with zero attached hydrogens (tertiary/aromatic N) is 5. The fourth-order valence-corrected chi connectivity index (χ4v) is 2.36. The van der Waals surface area contributed by atoms with Crippen LogP contribution in [-0.4, -0.2) is 46.7 Å². The third kappa shape index (κ3) is 4.94. The van der Waals surface area contributed by atoms with Crippen molar-refractivity contribution < 1.29 is 9.90 Å². The quantitative estimate of drug-likeness (QED) is 0.801. The van der Waals surface area contributed by atoms with Gasteiger partial charge in [-0.2, -0.15) is 15.0 Å². The Hall–Kier alpha value is -2.12. The lowest BCUT2D eigenvalue weighted by Crippen LogP contribution is -2.23. The number of aromatic nitrogens is 3. The van der Waals surface area contributed by atoms with Crippen molar-refractivity contribution in [2.75, 3.05) is 30.4 Å². The van der Waals surface area contributed by atoms with Crippen LogP contribution in [0, 0.1) is 0 Å². The molecule has 2 aromatic rings. The molecule has 1 heterocycles. The topological polar surface area (TPSA) is 82.5 Å². The first kappa shape index (κ1) is 18.2. The third-order valence-electron chi connectivity index (χ3n) is 3.12. The van der Waals surface area contributed by atoms with Crippen LogP contribution in [0.25, 0.3) is 0 Å². The Bertz CT molecular complexity index is 727. The van der Waals surface area contributed by atoms with Gasteiger partial charge in [0.2, 0.25) is 17.2 Å². The first-order valence-corrected chi connectivity index (χ1v) is 7.96. The molecule has 24 heavy (non-hydrogen) atoms. The molecule has 0 saturated carbocycles. The summed E-state index contributed by atoms with van der Waals surface area (Å²) in [5, 5.41) is 9.49. The Kier molecular flexibility index (Phi) is 6.16. The van der Waals surface area contributed by atoms with E-state index in [2.05, 4.69) is 15.0 Å². The number of anilines is 3. The summed E-state index contributed by atoms with van der Waals surface area (Å²) in [4.78, 5) is 26.9. The number of carboxylic acid groups (broad SMARTS) is 1. The van der Waals surface area contributed by atoms with E-state index in [0.717, 1.165) is 5.69 Å². The van der Waals surface area contributed by atoms with Gasteiger partial charge < -0.3 is 14.9 Å². The number of rotatable bonds is 7. The van der Waals surface area contributed by atoms with Crippen LogP contribution in [0.1, 0.15) is 12.8 Å². The zero-order valence-corrected chi connectivity index (χ0v) is 14.8. The van der Waals surface area contributed by atoms with Crippen LogP contribution >= 0.6 is 23.2 Å². The third-order valence-corrected chi connectivity index (χ3v) is 3.52. The molecule has 0 bridgehead atoms. The van der Waals surface area contributed by atoms with Crippen LogP contribution in [0.3, 0.4) is 0 Å². The highest BCUT2D eigenvalue weighted by atomic mass is 35.5. The molecule has 0 atom stereocenters. The SMILES string of the molecule is CN(C)c1nc(Cl)nc(N(CCCC(=O)O)c2cccc(Cl)c2)n1. The highest BCUT2D eigenvalue weighted by Crippen LogP contribution is 2.27. The zero-order chi connectivity index (χ0) is 17.7. The van der Waals surface area contributed by atoms with Crippen molar-refractivity contribution in [1.82, 2.24) is 15.0 Å². The Balaban J connectivity index is 2.39. The average Bonchev–Trinajstić information content (AvgIpc) is 2.50. The largest absolute Gasteiger partial charge is 0.481 e. The molecule has 0 aliphatic rings. The standard InChI is InChI=1S/C15H17Cl2N5O2/c1-21(2)14-18-13(17)19-15(20-14)22(8-4-7-12(23)24)11-6-3-5-10(16)9-11/h3,5-6,9H,4,7-8H2,1-2H3,(H,23,24). The van der Waals surface area contributed by atoms with Crippen molar-refractivity contribution >= 4 is 46.8 Å². The Morgan fingerprint density at radius 2 is 1.88 bits per heavy atom. The Labute approximate surface area is 149 Å². The molecular weight excluding hydrogens is 353 g/mol. The van der Waals surface area contributed by atoms with Crippen molar-refractivity contribution in [2.24, 2.45) is 0 Å². The molecule has 7 nitrogen and oxygen atoms in total. The first-order chi connectivity index (χ1) is 11.4. The molecule has 1 N–H and O–H groups in total. The highest BCUT2D eigenvalue weighted by Gasteiger charge is 2.16. The molecule has 0 unspecified atom stereocenters. The second kappa shape index (κ2) is 8.12. The lowest BCUT2D eigenvalue weighted by atomic mass is 10.2. The van der Waals surface area contributed by atoms with Crippen LogP contribution < -0.4 is 9.80 Å². The molecule has 1 aromatic carbocycles. The molecule has 128 valence electrons. The molecule has 0 aliphatic heterocycles. The number of hydrogen-bond donors (Lipinski definition) is 1. The van der Waals surface area contributed by atoms with E-state index in [0.29, 0.717) is 29.9 Å². The van der Waals surface area contributed by atoms with Gasteiger partial charge in [0.1, 0.15) is 0 Å². The maximum absolute atomic E-state index is 10.8. The predicted octanol–water partition coefficient (Wildman–Crippen LogP) is 3.25. The van der Waals surface area contributed by atoms with Gasteiger partial charge in [0.25, 0.3) is 0 Å². The van der Waals surface area contributed by atoms with Crippen LogP contribution in [-0.2, 0) is 4.79 Å². The zero-order valence-electron chi connectivity index (χ0n) is 13.3. The fourth-order valence-electron chi connectivity index (χ4n) is 2.03. The summed E-state index contributed by atoms with van der Waals surface area (Å²) >= 11 is 12.1. The van der Waals surface area contributed by atoms with E-state index in [4.69, 9.17) is 28.3 Å². The van der Waals surface area contributed by atoms with E-state index in [-0.39, 0.29) is 11.7 Å². The van der Waals surface area contributed by atoms with E-state index >= 15 is 0 Å². The van der Waals surface area contributed by atoms with E-state index in [1.807, 2.05) is 6.07 Å². The van der Waals surface area contributed by atoms with E-state index in [1.165, 1.54) is 0 Å². The van der Waals surface area contributed by atoms with E-state index in [9.17, 15) is 4.79 Å². The molecule has 0 amide bonds. The number of hydrogen-bond acceptors (Lipinski definition) is 6. The number of carboxylic acids is 1. The minimum Gasteiger partial charge on any atom is -0.481 e. The van der Waals surface area contributed by atoms with Crippen molar-refractivity contribution in [2.45, 2.75) is 12.8 Å². The monoisotopic (exact) mass is 369 g/mol. The Morgan fingerprint density at radius 3 is 2.50 bits per heavy atom. The van der Waals surface area contributed by atoms with Crippen molar-refractivity contribution in [1.29, 1.82) is 0 Å². The van der Waals surface area contributed by atoms with Gasteiger partial charge in [-0.15, -0.1) is 0 Å². The minimum absolute atomic E-state index is 0.0381. The first-order valence-electron chi connectivity index (χ1n) is 7.20. The maximum Gasteiger partial charge on any atom is 0.303 e. The lowest BCUT2D eigenvalue weighted by molar-refractivity contribution is -0.137. The second-order valence-corrected chi connectivity index (χ2v) is 6.00. The summed E-state index contributed by atoms with van der Waals surface area (Å²) in [5.74, 6) is -0.106. The van der Waals surface area contributed by atoms with E-state index in [1.54, 1.807) is 42.1 Å². The van der Waals surface area contributed by atoms with Crippen LogP contribution in [0.15, 0.2) is 24.3 Å². The fraction of sp³-hybridized carbons (Fsp3) is 0.333. The highest BCUT2D eigenvalue weighted by molar-refractivity contribution is 6.30. The van der Waals surface area contributed by atoms with Crippen molar-refractivity contribution in [3.8, 4) is 0 Å². The summed E-state index contributed by atoms with van der Waals surface area (Å²) in [6, 6.07) is 7.17. The molecule has 0 saturated heterocycles. The number of benzene rings is 1. The lowest BCUT2D eigenvalue weighted by Gasteiger charge is -2.23. The van der Waals surface area contributed by atoms with Gasteiger partial charge in [-0.25, -0.2) is 0 Å². The van der Waals surface area contributed by atoms with Crippen LogP contribution in [0.4, 0.5) is 17.6 Å². The molecule has 0 radical (unpaired) electrons. The van der Waals surface area contributed by atoms with Crippen LogP contribution in [0.5, 0.6) is 0 Å². The molecule has 0 aliphatic carbocycles. The second-order valence-electron chi connectivity index (χ2n) is 5.23. The molecular formula is C15H17Cl2N5O2. The van der Waals surface area contributed by atoms with Gasteiger partial charge in [0, 0.05) is 37.8 Å². The average molecular weight is 370 g/mol. The van der Waals surface area contributed by atoms with Gasteiger partial charge in [-0.3, -0.25) is 4.79 Å². The Morgan fingerprint density at radius 1 is 1.17 bits per heavy atom. The smallest absolute Gasteiger partial charge is 0.303 e. The summed E-state index contributed by atoms with van der Waals surface area (Å²) < 4.78 is 0. The number of halogens is 2. The molecule has 9 heteroatoms. The maximum atomic E-state index is 10.8. The summed E-state index contributed by atoms with van der Waals surface area (Å²) in [6.45, 7) is 0.403. The molecule has 0 spiro atoms. The number of aliphatic carboxylic acids is 1. The minimum atomic E-state index is -0.858. The van der Waals surface area contributed by atoms with Crippen molar-refractivity contribution in [3.05, 3.63) is 34.6 Å². The summed E-state index contributed by atoms with van der Waals surface area (Å²) in [6.07, 6.45) is 0.457. The number of carbonyl (C=O) groups is 1. The van der Waals surface area contributed by atoms with E-state index < -0.39 is 5.97 Å². The van der Waals surface area contributed by atoms with Gasteiger partial charge in [-0.1, -0.05) is 17.7 Å². The van der Waals surface area contributed by atoms with Gasteiger partial charge in [-0.05, 0) is 36.2 Å². The molecule has 1 aromatic heterocycles. The van der Waals surface area contributed by atoms with Gasteiger partial charge in [0.15, 0.2) is 0 Å². The van der Waals surface area contributed by atoms with Crippen molar-refractivity contribution in [3.63, 3.8) is 0 Å². The van der Waals surface area contributed by atoms with Gasteiger partial charge in [0.05, 0.1) is 0 Å². The van der Waals surface area contributed by atoms with Gasteiger partial charge >= 0.3 is 5.97 Å². The normalized spacial score (nSPS) is 10.5. The molecule has 2 rings (SSSR count). The predicted molar refractivity (Wildman–Crippen MR) is 94.5 cm³/mol. The molecule has 0 fully saturated rings. The summed E-state index contributed by atoms with van der Waals surface area (Å²) in [7, 11) is 3.59.